The molecule has 0 fully saturated rings. The summed E-state index contributed by atoms with van der Waals surface area (Å²) in [4.78, 5) is 12.2. The molecule has 0 aliphatic heterocycles. The van der Waals surface area contributed by atoms with E-state index in [9.17, 15) is 9.18 Å². The van der Waals surface area contributed by atoms with E-state index in [1.54, 1.807) is 24.3 Å². The number of halogens is 1. The zero-order valence-electron chi connectivity index (χ0n) is 12.9. The molecule has 0 unspecified atom stereocenters. The quantitative estimate of drug-likeness (QED) is 0.798. The summed E-state index contributed by atoms with van der Waals surface area (Å²) >= 11 is 0. The number of carbonyl (C=O) groups is 1. The Balaban J connectivity index is 1.81. The maximum Gasteiger partial charge on any atom is 0.255 e. The molecule has 0 aliphatic carbocycles. The summed E-state index contributed by atoms with van der Waals surface area (Å²) in [7, 11) is 0. The fraction of sp³-hybridized carbons (Fsp3) is 0.111. The molecule has 5 heteroatoms. The Labute approximate surface area is 133 Å². The molecule has 0 spiro atoms. The summed E-state index contributed by atoms with van der Waals surface area (Å²) in [5.74, 6) is -0.810. The van der Waals surface area contributed by atoms with Crippen LogP contribution in [-0.4, -0.2) is 15.7 Å². The van der Waals surface area contributed by atoms with Crippen molar-refractivity contribution in [3.8, 4) is 5.69 Å². The van der Waals surface area contributed by atoms with Gasteiger partial charge in [0.2, 0.25) is 0 Å². The first-order valence-electron chi connectivity index (χ1n) is 7.24. The van der Waals surface area contributed by atoms with Gasteiger partial charge in [-0.2, -0.15) is 5.10 Å². The van der Waals surface area contributed by atoms with E-state index in [2.05, 4.69) is 10.4 Å². The van der Waals surface area contributed by atoms with Crippen molar-refractivity contribution < 1.29 is 9.18 Å². The van der Waals surface area contributed by atoms with Crippen molar-refractivity contribution in [2.75, 3.05) is 5.32 Å². The lowest BCUT2D eigenvalue weighted by Crippen LogP contribution is -2.13. The third-order valence-electron chi connectivity index (χ3n) is 3.51. The second-order valence-corrected chi connectivity index (χ2v) is 5.32. The van der Waals surface area contributed by atoms with Gasteiger partial charge in [0, 0.05) is 11.3 Å². The minimum Gasteiger partial charge on any atom is -0.319 e. The smallest absolute Gasteiger partial charge is 0.255 e. The molecule has 0 atom stereocenters. The van der Waals surface area contributed by atoms with Gasteiger partial charge in [0.1, 0.15) is 5.82 Å². The van der Waals surface area contributed by atoms with Crippen molar-refractivity contribution >= 4 is 11.6 Å². The summed E-state index contributed by atoms with van der Waals surface area (Å²) in [6.07, 6.45) is 0. The lowest BCUT2D eigenvalue weighted by Gasteiger charge is -2.08. The molecule has 116 valence electrons. The zero-order chi connectivity index (χ0) is 16.4. The number of benzene rings is 2. The fourth-order valence-electron chi connectivity index (χ4n) is 2.40. The van der Waals surface area contributed by atoms with Crippen LogP contribution in [-0.2, 0) is 0 Å². The third kappa shape index (κ3) is 3.13. The maximum absolute atomic E-state index is 13.6. The Morgan fingerprint density at radius 1 is 1.09 bits per heavy atom. The standard InChI is InChI=1S/C18H16FN3O/c1-12-11-13(2)22(21-12)15-9-7-14(8-10-15)18(23)20-17-6-4-3-5-16(17)19/h3-11H,1-2H3,(H,20,23). The molecule has 23 heavy (non-hydrogen) atoms. The van der Waals surface area contributed by atoms with Crippen molar-refractivity contribution in [1.29, 1.82) is 0 Å². The van der Waals surface area contributed by atoms with Gasteiger partial charge in [-0.25, -0.2) is 9.07 Å². The van der Waals surface area contributed by atoms with Crippen LogP contribution in [0.2, 0.25) is 0 Å². The minimum atomic E-state index is -0.458. The van der Waals surface area contributed by atoms with Gasteiger partial charge in [-0.15, -0.1) is 0 Å². The summed E-state index contributed by atoms with van der Waals surface area (Å²) < 4.78 is 15.4. The topological polar surface area (TPSA) is 46.9 Å². The largest absolute Gasteiger partial charge is 0.319 e. The van der Waals surface area contributed by atoms with Crippen molar-refractivity contribution in [2.24, 2.45) is 0 Å². The molecule has 0 bridgehead atoms. The second kappa shape index (κ2) is 6.04. The van der Waals surface area contributed by atoms with E-state index in [-0.39, 0.29) is 11.6 Å². The summed E-state index contributed by atoms with van der Waals surface area (Å²) in [6.45, 7) is 3.90. The first-order valence-corrected chi connectivity index (χ1v) is 7.24. The van der Waals surface area contributed by atoms with Crippen LogP contribution in [0.1, 0.15) is 21.7 Å². The zero-order valence-corrected chi connectivity index (χ0v) is 12.9. The highest BCUT2D eigenvalue weighted by Gasteiger charge is 2.10. The number of amides is 1. The van der Waals surface area contributed by atoms with Gasteiger partial charge in [-0.3, -0.25) is 4.79 Å². The van der Waals surface area contributed by atoms with Crippen LogP contribution in [0, 0.1) is 19.7 Å². The van der Waals surface area contributed by atoms with E-state index in [4.69, 9.17) is 0 Å². The molecule has 1 N–H and O–H groups in total. The van der Waals surface area contributed by atoms with Crippen LogP contribution in [0.25, 0.3) is 5.69 Å². The van der Waals surface area contributed by atoms with Crippen molar-refractivity contribution in [1.82, 2.24) is 9.78 Å². The predicted octanol–water partition coefficient (Wildman–Crippen LogP) is 3.88. The van der Waals surface area contributed by atoms with Crippen LogP contribution in [0.5, 0.6) is 0 Å². The third-order valence-corrected chi connectivity index (χ3v) is 3.51. The number of rotatable bonds is 3. The van der Waals surface area contributed by atoms with Crippen molar-refractivity contribution in [2.45, 2.75) is 13.8 Å². The van der Waals surface area contributed by atoms with E-state index in [1.165, 1.54) is 12.1 Å². The van der Waals surface area contributed by atoms with E-state index >= 15 is 0 Å². The Morgan fingerprint density at radius 2 is 1.78 bits per heavy atom. The predicted molar refractivity (Wildman–Crippen MR) is 87.4 cm³/mol. The number of anilines is 1. The van der Waals surface area contributed by atoms with Gasteiger partial charge in [0.15, 0.2) is 0 Å². The molecular weight excluding hydrogens is 293 g/mol. The molecule has 0 radical (unpaired) electrons. The molecule has 0 saturated carbocycles. The first-order chi connectivity index (χ1) is 11.0. The summed E-state index contributed by atoms with van der Waals surface area (Å²) in [5.41, 5.74) is 3.45. The molecule has 3 rings (SSSR count). The fourth-order valence-corrected chi connectivity index (χ4v) is 2.40. The van der Waals surface area contributed by atoms with E-state index in [1.807, 2.05) is 36.7 Å². The molecule has 1 amide bonds. The van der Waals surface area contributed by atoms with E-state index in [0.29, 0.717) is 5.56 Å². The number of nitrogens with zero attached hydrogens (tertiary/aromatic N) is 2. The van der Waals surface area contributed by atoms with Crippen LogP contribution in [0.15, 0.2) is 54.6 Å². The monoisotopic (exact) mass is 309 g/mol. The number of nitrogens with one attached hydrogen (secondary N) is 1. The number of aryl methyl sites for hydroxylation is 2. The lowest BCUT2D eigenvalue weighted by atomic mass is 10.2. The molecule has 1 heterocycles. The number of carbonyl (C=O) groups excluding carboxylic acids is 1. The molecule has 4 nitrogen and oxygen atoms in total. The van der Waals surface area contributed by atoms with Gasteiger partial charge < -0.3 is 5.32 Å². The van der Waals surface area contributed by atoms with Gasteiger partial charge in [-0.05, 0) is 56.3 Å². The normalized spacial score (nSPS) is 10.6. The average Bonchev–Trinajstić information content (AvgIpc) is 2.88. The average molecular weight is 309 g/mol. The number of aromatic nitrogens is 2. The molecule has 0 saturated heterocycles. The Hall–Kier alpha value is -2.95. The minimum absolute atomic E-state index is 0.167. The number of hydrogen-bond donors (Lipinski definition) is 1. The van der Waals surface area contributed by atoms with Crippen LogP contribution in [0.4, 0.5) is 10.1 Å². The first kappa shape index (κ1) is 15.0. The van der Waals surface area contributed by atoms with E-state index in [0.717, 1.165) is 17.1 Å². The lowest BCUT2D eigenvalue weighted by molar-refractivity contribution is 0.102. The Kier molecular flexibility index (Phi) is 3.93. The van der Waals surface area contributed by atoms with Gasteiger partial charge in [0.25, 0.3) is 5.91 Å². The summed E-state index contributed by atoms with van der Waals surface area (Å²) in [6, 6.07) is 15.1. The van der Waals surface area contributed by atoms with Crippen LogP contribution >= 0.6 is 0 Å². The molecular formula is C18H16FN3O. The summed E-state index contributed by atoms with van der Waals surface area (Å²) in [5, 5.41) is 6.97. The molecule has 0 aliphatic rings. The van der Waals surface area contributed by atoms with Gasteiger partial charge in [-0.1, -0.05) is 12.1 Å². The molecule has 2 aromatic carbocycles. The number of para-hydroxylation sites is 1. The maximum atomic E-state index is 13.6. The van der Waals surface area contributed by atoms with Crippen LogP contribution in [0.3, 0.4) is 0 Å². The number of hydrogen-bond acceptors (Lipinski definition) is 2. The van der Waals surface area contributed by atoms with E-state index < -0.39 is 5.82 Å². The highest BCUT2D eigenvalue weighted by Crippen LogP contribution is 2.16. The highest BCUT2D eigenvalue weighted by molar-refractivity contribution is 6.04. The van der Waals surface area contributed by atoms with Crippen molar-refractivity contribution in [3.63, 3.8) is 0 Å². The van der Waals surface area contributed by atoms with Crippen LogP contribution < -0.4 is 5.32 Å². The molecule has 3 aromatic rings. The highest BCUT2D eigenvalue weighted by atomic mass is 19.1. The van der Waals surface area contributed by atoms with Gasteiger partial charge in [0.05, 0.1) is 17.1 Å². The Bertz CT molecular complexity index is 853. The van der Waals surface area contributed by atoms with Gasteiger partial charge >= 0.3 is 0 Å². The SMILES string of the molecule is Cc1cc(C)n(-c2ccc(C(=O)Nc3ccccc3F)cc2)n1. The Morgan fingerprint density at radius 3 is 2.39 bits per heavy atom. The van der Waals surface area contributed by atoms with Crippen molar-refractivity contribution in [3.05, 3.63) is 77.4 Å². The molecule has 1 aromatic heterocycles. The second-order valence-electron chi connectivity index (χ2n) is 5.32.